The molecule has 0 amide bonds. The van der Waals surface area contributed by atoms with Crippen LogP contribution in [0.15, 0.2) is 16.6 Å². The molecule has 0 saturated carbocycles. The van der Waals surface area contributed by atoms with Crippen LogP contribution < -0.4 is 4.74 Å². The summed E-state index contributed by atoms with van der Waals surface area (Å²) in [6.07, 6.45) is 0. The predicted molar refractivity (Wildman–Crippen MR) is 65.2 cm³/mol. The van der Waals surface area contributed by atoms with Crippen molar-refractivity contribution < 1.29 is 18.3 Å². The van der Waals surface area contributed by atoms with E-state index in [9.17, 15) is 8.78 Å². The molecule has 0 aliphatic rings. The van der Waals surface area contributed by atoms with E-state index in [0.29, 0.717) is 23.6 Å². The van der Waals surface area contributed by atoms with Gasteiger partial charge in [-0.1, -0.05) is 29.8 Å². The molecule has 5 heteroatoms. The summed E-state index contributed by atoms with van der Waals surface area (Å²) < 4.78 is 37.1. The Morgan fingerprint density at radius 3 is 2.59 bits per heavy atom. The fourth-order valence-corrected chi connectivity index (χ4v) is 1.58. The molecule has 1 aromatic rings. The Kier molecular flexibility index (Phi) is 5.85. The van der Waals surface area contributed by atoms with Crippen molar-refractivity contribution >= 4 is 15.9 Å². The largest absolute Gasteiger partial charge is 0.488 e. The monoisotopic (exact) mass is 308 g/mol. The van der Waals surface area contributed by atoms with Gasteiger partial charge in [-0.05, 0) is 18.1 Å². The van der Waals surface area contributed by atoms with Crippen LogP contribution >= 0.6 is 15.9 Å². The van der Waals surface area contributed by atoms with Crippen LogP contribution in [-0.2, 0) is 4.74 Å². The van der Waals surface area contributed by atoms with Crippen molar-refractivity contribution in [2.24, 2.45) is 5.92 Å². The topological polar surface area (TPSA) is 18.5 Å². The second-order valence-electron chi connectivity index (χ2n) is 4.02. The van der Waals surface area contributed by atoms with Crippen LogP contribution in [0.1, 0.15) is 13.8 Å². The third kappa shape index (κ3) is 5.00. The quantitative estimate of drug-likeness (QED) is 0.588. The molecule has 96 valence electrons. The zero-order valence-electron chi connectivity index (χ0n) is 9.80. The SMILES string of the molecule is CC(C)COCCOc1cc(Br)cc(F)c1F. The number of benzene rings is 1. The number of halogens is 3. The first kappa shape index (κ1) is 14.4. The fourth-order valence-electron chi connectivity index (χ4n) is 1.17. The van der Waals surface area contributed by atoms with Crippen LogP contribution in [0.4, 0.5) is 8.78 Å². The van der Waals surface area contributed by atoms with Gasteiger partial charge in [0.2, 0.25) is 5.82 Å². The van der Waals surface area contributed by atoms with Gasteiger partial charge in [-0.3, -0.25) is 0 Å². The second kappa shape index (κ2) is 6.91. The van der Waals surface area contributed by atoms with E-state index in [1.807, 2.05) is 13.8 Å². The molecule has 0 aliphatic heterocycles. The third-order valence-electron chi connectivity index (χ3n) is 1.90. The van der Waals surface area contributed by atoms with E-state index >= 15 is 0 Å². The first-order valence-electron chi connectivity index (χ1n) is 5.35. The van der Waals surface area contributed by atoms with Gasteiger partial charge in [-0.25, -0.2) is 4.39 Å². The van der Waals surface area contributed by atoms with Crippen LogP contribution in [0.3, 0.4) is 0 Å². The van der Waals surface area contributed by atoms with E-state index in [4.69, 9.17) is 9.47 Å². The van der Waals surface area contributed by atoms with Gasteiger partial charge in [0.25, 0.3) is 0 Å². The molecule has 0 unspecified atom stereocenters. The highest BCUT2D eigenvalue weighted by molar-refractivity contribution is 9.10. The Morgan fingerprint density at radius 1 is 1.24 bits per heavy atom. The standard InChI is InChI=1S/C12H15BrF2O2/c1-8(2)7-16-3-4-17-11-6-9(13)5-10(14)12(11)15/h5-6,8H,3-4,7H2,1-2H3. The van der Waals surface area contributed by atoms with Crippen LogP contribution in [0.5, 0.6) is 5.75 Å². The third-order valence-corrected chi connectivity index (χ3v) is 2.35. The summed E-state index contributed by atoms with van der Waals surface area (Å²) in [5, 5.41) is 0. The van der Waals surface area contributed by atoms with Gasteiger partial charge in [0.15, 0.2) is 11.6 Å². The van der Waals surface area contributed by atoms with Crippen molar-refractivity contribution in [3.63, 3.8) is 0 Å². The van der Waals surface area contributed by atoms with Gasteiger partial charge < -0.3 is 9.47 Å². The Morgan fingerprint density at radius 2 is 1.94 bits per heavy atom. The average Bonchev–Trinajstić information content (AvgIpc) is 2.23. The van der Waals surface area contributed by atoms with Crippen LogP contribution in [0.2, 0.25) is 0 Å². The summed E-state index contributed by atoms with van der Waals surface area (Å²) in [5.41, 5.74) is 0. The summed E-state index contributed by atoms with van der Waals surface area (Å²) in [6, 6.07) is 2.44. The molecule has 0 aromatic heterocycles. The Balaban J connectivity index is 2.41. The first-order chi connectivity index (χ1) is 8.00. The Labute approximate surface area is 108 Å². The highest BCUT2D eigenvalue weighted by Crippen LogP contribution is 2.25. The van der Waals surface area contributed by atoms with E-state index in [0.717, 1.165) is 6.07 Å². The maximum Gasteiger partial charge on any atom is 0.200 e. The minimum atomic E-state index is -0.975. The molecule has 17 heavy (non-hydrogen) atoms. The van der Waals surface area contributed by atoms with E-state index in [1.54, 1.807) is 0 Å². The average molecular weight is 309 g/mol. The lowest BCUT2D eigenvalue weighted by Crippen LogP contribution is -2.11. The van der Waals surface area contributed by atoms with Crippen LogP contribution in [0.25, 0.3) is 0 Å². The molecule has 0 N–H and O–H groups in total. The molecule has 0 saturated heterocycles. The van der Waals surface area contributed by atoms with Gasteiger partial charge in [0.05, 0.1) is 6.61 Å². The molecule has 0 radical (unpaired) electrons. The smallest absolute Gasteiger partial charge is 0.200 e. The zero-order valence-corrected chi connectivity index (χ0v) is 11.4. The maximum absolute atomic E-state index is 13.3. The van der Waals surface area contributed by atoms with E-state index in [-0.39, 0.29) is 12.4 Å². The lowest BCUT2D eigenvalue weighted by Gasteiger charge is -2.10. The van der Waals surface area contributed by atoms with Gasteiger partial charge in [0.1, 0.15) is 6.61 Å². The molecule has 0 heterocycles. The molecule has 0 bridgehead atoms. The molecule has 1 rings (SSSR count). The molecule has 0 fully saturated rings. The van der Waals surface area contributed by atoms with Gasteiger partial charge in [-0.2, -0.15) is 4.39 Å². The van der Waals surface area contributed by atoms with E-state index in [2.05, 4.69) is 15.9 Å². The van der Waals surface area contributed by atoms with Crippen LogP contribution in [0, 0.1) is 17.6 Å². The fraction of sp³-hybridized carbons (Fsp3) is 0.500. The van der Waals surface area contributed by atoms with E-state index in [1.165, 1.54) is 6.07 Å². The minimum absolute atomic E-state index is 0.106. The van der Waals surface area contributed by atoms with Crippen molar-refractivity contribution in [2.45, 2.75) is 13.8 Å². The van der Waals surface area contributed by atoms with Crippen molar-refractivity contribution in [1.29, 1.82) is 0 Å². The van der Waals surface area contributed by atoms with Gasteiger partial charge in [0, 0.05) is 11.1 Å². The summed E-state index contributed by atoms with van der Waals surface area (Å²) in [7, 11) is 0. The summed E-state index contributed by atoms with van der Waals surface area (Å²) in [6.45, 7) is 5.23. The van der Waals surface area contributed by atoms with Crippen molar-refractivity contribution in [1.82, 2.24) is 0 Å². The summed E-state index contributed by atoms with van der Waals surface area (Å²) in [4.78, 5) is 0. The second-order valence-corrected chi connectivity index (χ2v) is 4.93. The number of hydrogen-bond acceptors (Lipinski definition) is 2. The van der Waals surface area contributed by atoms with Crippen LogP contribution in [-0.4, -0.2) is 19.8 Å². The van der Waals surface area contributed by atoms with E-state index < -0.39 is 11.6 Å². The van der Waals surface area contributed by atoms with Gasteiger partial charge in [-0.15, -0.1) is 0 Å². The molecule has 0 atom stereocenters. The normalized spacial score (nSPS) is 10.9. The van der Waals surface area contributed by atoms with Gasteiger partial charge >= 0.3 is 0 Å². The molecule has 1 aromatic carbocycles. The highest BCUT2D eigenvalue weighted by Gasteiger charge is 2.11. The Hall–Kier alpha value is -0.680. The number of rotatable bonds is 6. The molecule has 0 spiro atoms. The van der Waals surface area contributed by atoms with Crippen molar-refractivity contribution in [2.75, 3.05) is 19.8 Å². The zero-order chi connectivity index (χ0) is 12.8. The van der Waals surface area contributed by atoms with Crippen molar-refractivity contribution in [3.05, 3.63) is 28.2 Å². The highest BCUT2D eigenvalue weighted by atomic mass is 79.9. The first-order valence-corrected chi connectivity index (χ1v) is 6.15. The number of hydrogen-bond donors (Lipinski definition) is 0. The molecule has 0 aliphatic carbocycles. The predicted octanol–water partition coefficient (Wildman–Crippen LogP) is 3.78. The summed E-state index contributed by atoms with van der Waals surface area (Å²) >= 11 is 3.07. The molecular weight excluding hydrogens is 294 g/mol. The Bertz CT molecular complexity index is 370. The molecule has 2 nitrogen and oxygen atoms in total. The lowest BCUT2D eigenvalue weighted by atomic mass is 10.2. The lowest BCUT2D eigenvalue weighted by molar-refractivity contribution is 0.0805. The van der Waals surface area contributed by atoms with Crippen molar-refractivity contribution in [3.8, 4) is 5.75 Å². The minimum Gasteiger partial charge on any atom is -0.488 e. The maximum atomic E-state index is 13.3. The molecular formula is C12H15BrF2O2. The summed E-state index contributed by atoms with van der Waals surface area (Å²) in [5.74, 6) is -1.57. The number of ether oxygens (including phenoxy) is 2.